The summed E-state index contributed by atoms with van der Waals surface area (Å²) in [5.41, 5.74) is -1.37. The molecule has 0 aromatic heterocycles. The van der Waals surface area contributed by atoms with E-state index in [0.29, 0.717) is 0 Å². The van der Waals surface area contributed by atoms with Crippen LogP contribution in [-0.4, -0.2) is 25.0 Å². The molecule has 1 aliphatic rings. The van der Waals surface area contributed by atoms with E-state index in [-0.39, 0.29) is 17.0 Å². The summed E-state index contributed by atoms with van der Waals surface area (Å²) >= 11 is 6.06. The van der Waals surface area contributed by atoms with Crippen LogP contribution in [0.5, 0.6) is 0 Å². The van der Waals surface area contributed by atoms with Gasteiger partial charge in [-0.05, 0) is 30.0 Å². The third-order valence-corrected chi connectivity index (χ3v) is 5.38. The first-order valence-electron chi connectivity index (χ1n) is 9.10. The van der Waals surface area contributed by atoms with Crippen LogP contribution in [0.25, 0.3) is 0 Å². The molecule has 3 atom stereocenters. The molecule has 170 valence electrons. The molecule has 0 bridgehead atoms. The van der Waals surface area contributed by atoms with E-state index in [0.717, 1.165) is 19.2 Å². The number of methoxy groups -OCH3 is 1. The molecule has 2 aromatic rings. The van der Waals surface area contributed by atoms with Crippen LogP contribution in [0.15, 0.2) is 30.4 Å². The summed E-state index contributed by atoms with van der Waals surface area (Å²) in [5.74, 6) is -15.9. The van der Waals surface area contributed by atoms with E-state index in [1.165, 1.54) is 18.2 Å². The summed E-state index contributed by atoms with van der Waals surface area (Å²) in [6.45, 7) is 0. The lowest BCUT2D eigenvalue weighted by molar-refractivity contribution is -0.143. The van der Waals surface area contributed by atoms with Gasteiger partial charge in [0, 0.05) is 11.1 Å². The maximum Gasteiger partial charge on any atom is 0.313 e. The number of nitrogens with one attached hydrogen (secondary N) is 1. The highest BCUT2D eigenvalue weighted by molar-refractivity contribution is 6.31. The Hall–Kier alpha value is -3.01. The van der Waals surface area contributed by atoms with Crippen molar-refractivity contribution in [2.75, 3.05) is 7.11 Å². The minimum Gasteiger partial charge on any atom is -0.469 e. The van der Waals surface area contributed by atoms with Gasteiger partial charge in [0.1, 0.15) is 11.4 Å². The number of carbonyl (C=O) groups excluding carboxylic acids is 2. The number of carbonyl (C=O) groups is 2. The molecule has 3 rings (SSSR count). The minimum atomic E-state index is -2.38. The second kappa shape index (κ2) is 9.23. The SMILES string of the molecule is COC(=O)[C@H](c1ccc(F)cc1Cl)[C@@H]1C=C[C@@H](NC(=O)c2c(F)c(F)c(F)c(F)c2F)C1. The first kappa shape index (κ1) is 23.6. The molecule has 0 unspecified atom stereocenters. The Bertz CT molecular complexity index is 1090. The smallest absolute Gasteiger partial charge is 0.313 e. The van der Waals surface area contributed by atoms with E-state index < -0.39 is 70.2 Å². The van der Waals surface area contributed by atoms with Crippen LogP contribution in [0.1, 0.15) is 28.3 Å². The van der Waals surface area contributed by atoms with Gasteiger partial charge in [-0.25, -0.2) is 26.3 Å². The van der Waals surface area contributed by atoms with Gasteiger partial charge in [-0.3, -0.25) is 9.59 Å². The van der Waals surface area contributed by atoms with E-state index in [1.54, 1.807) is 0 Å². The zero-order chi connectivity index (χ0) is 23.7. The normalized spacial score (nSPS) is 18.5. The topological polar surface area (TPSA) is 55.4 Å². The monoisotopic (exact) mass is 477 g/mol. The summed E-state index contributed by atoms with van der Waals surface area (Å²) in [4.78, 5) is 24.6. The largest absolute Gasteiger partial charge is 0.469 e. The zero-order valence-electron chi connectivity index (χ0n) is 16.2. The molecule has 32 heavy (non-hydrogen) atoms. The van der Waals surface area contributed by atoms with Crippen LogP contribution in [0.4, 0.5) is 26.3 Å². The van der Waals surface area contributed by atoms with Gasteiger partial charge in [-0.15, -0.1) is 0 Å². The number of rotatable bonds is 5. The maximum absolute atomic E-state index is 13.9. The molecule has 0 spiro atoms. The molecule has 0 saturated heterocycles. The van der Waals surface area contributed by atoms with Gasteiger partial charge in [-0.2, -0.15) is 0 Å². The minimum absolute atomic E-state index is 0.00854. The number of ether oxygens (including phenoxy) is 1. The maximum atomic E-state index is 13.9. The van der Waals surface area contributed by atoms with Crippen LogP contribution >= 0.6 is 11.6 Å². The number of halogens is 7. The number of hydrogen-bond donors (Lipinski definition) is 1. The molecule has 0 fully saturated rings. The summed E-state index contributed by atoms with van der Waals surface area (Å²) in [5, 5.41) is 2.12. The van der Waals surface area contributed by atoms with E-state index in [4.69, 9.17) is 16.3 Å². The molecule has 0 radical (unpaired) electrons. The molecular weight excluding hydrogens is 464 g/mol. The van der Waals surface area contributed by atoms with Crippen LogP contribution in [0.3, 0.4) is 0 Å². The van der Waals surface area contributed by atoms with E-state index >= 15 is 0 Å². The highest BCUT2D eigenvalue weighted by atomic mass is 35.5. The van der Waals surface area contributed by atoms with Crippen LogP contribution in [0.2, 0.25) is 5.02 Å². The molecule has 4 nitrogen and oxygen atoms in total. The first-order valence-corrected chi connectivity index (χ1v) is 9.48. The molecule has 1 amide bonds. The Morgan fingerprint density at radius 1 is 1.00 bits per heavy atom. The Morgan fingerprint density at radius 2 is 1.59 bits per heavy atom. The van der Waals surface area contributed by atoms with Crippen molar-refractivity contribution < 1.29 is 40.7 Å². The molecule has 1 N–H and O–H groups in total. The molecule has 0 aliphatic heterocycles. The van der Waals surface area contributed by atoms with E-state index in [1.807, 2.05) is 0 Å². The predicted octanol–water partition coefficient (Wildman–Crippen LogP) is 4.81. The summed E-state index contributed by atoms with van der Waals surface area (Å²) in [6.07, 6.45) is 2.90. The predicted molar refractivity (Wildman–Crippen MR) is 101 cm³/mol. The fourth-order valence-corrected chi connectivity index (χ4v) is 3.82. The fourth-order valence-electron chi connectivity index (χ4n) is 3.54. The lowest BCUT2D eigenvalue weighted by Gasteiger charge is -2.23. The van der Waals surface area contributed by atoms with Crippen molar-refractivity contribution in [3.8, 4) is 0 Å². The lowest BCUT2D eigenvalue weighted by atomic mass is 9.85. The lowest BCUT2D eigenvalue weighted by Crippen LogP contribution is -2.35. The molecular formula is C21H14ClF6NO3. The zero-order valence-corrected chi connectivity index (χ0v) is 17.0. The van der Waals surface area contributed by atoms with Crippen LogP contribution in [-0.2, 0) is 9.53 Å². The van der Waals surface area contributed by atoms with Gasteiger partial charge in [0.25, 0.3) is 5.91 Å². The van der Waals surface area contributed by atoms with Crippen LogP contribution in [0, 0.1) is 40.8 Å². The van der Waals surface area contributed by atoms with E-state index in [2.05, 4.69) is 5.32 Å². The summed E-state index contributed by atoms with van der Waals surface area (Å²) in [7, 11) is 1.13. The number of allylic oxidation sites excluding steroid dienone is 1. The van der Waals surface area contributed by atoms with Gasteiger partial charge in [0.2, 0.25) is 5.82 Å². The Balaban J connectivity index is 1.83. The number of benzene rings is 2. The van der Waals surface area contributed by atoms with Crippen molar-refractivity contribution in [2.45, 2.75) is 18.4 Å². The molecule has 1 aliphatic carbocycles. The van der Waals surface area contributed by atoms with Crippen molar-refractivity contribution in [1.29, 1.82) is 0 Å². The van der Waals surface area contributed by atoms with Gasteiger partial charge < -0.3 is 10.1 Å². The number of esters is 1. The third kappa shape index (κ3) is 4.32. The molecule has 0 heterocycles. The van der Waals surface area contributed by atoms with Crippen LogP contribution < -0.4 is 5.32 Å². The molecule has 2 aromatic carbocycles. The molecule has 11 heteroatoms. The van der Waals surface area contributed by atoms with Crippen molar-refractivity contribution in [2.24, 2.45) is 5.92 Å². The quantitative estimate of drug-likeness (QED) is 0.221. The van der Waals surface area contributed by atoms with Gasteiger partial charge in [0.15, 0.2) is 23.3 Å². The van der Waals surface area contributed by atoms with Crippen molar-refractivity contribution >= 4 is 23.5 Å². The summed E-state index contributed by atoms with van der Waals surface area (Å²) in [6, 6.07) is 2.49. The third-order valence-electron chi connectivity index (χ3n) is 5.05. The van der Waals surface area contributed by atoms with Gasteiger partial charge in [-0.1, -0.05) is 29.8 Å². The average Bonchev–Trinajstić information content (AvgIpc) is 3.20. The molecule has 0 saturated carbocycles. The second-order valence-electron chi connectivity index (χ2n) is 6.98. The van der Waals surface area contributed by atoms with Crippen molar-refractivity contribution in [3.63, 3.8) is 0 Å². The standard InChI is InChI=1S/C21H14ClF6NO3/c1-32-21(31)13(11-5-3-9(23)7-12(11)22)8-2-4-10(6-8)29-20(30)14-15(24)17(26)19(28)18(27)16(14)25/h2-5,7-8,10,13H,6H2,1H3,(H,29,30)/t8-,10-,13+/m1/s1. The summed E-state index contributed by atoms with van der Waals surface area (Å²) < 4.78 is 85.9. The number of hydrogen-bond acceptors (Lipinski definition) is 3. The van der Waals surface area contributed by atoms with Gasteiger partial charge in [0.05, 0.1) is 13.0 Å². The van der Waals surface area contributed by atoms with E-state index in [9.17, 15) is 35.9 Å². The highest BCUT2D eigenvalue weighted by Crippen LogP contribution is 2.38. The fraction of sp³-hybridized carbons (Fsp3) is 0.238. The Morgan fingerprint density at radius 3 is 2.16 bits per heavy atom. The van der Waals surface area contributed by atoms with Crippen molar-refractivity contribution in [1.82, 2.24) is 5.32 Å². The van der Waals surface area contributed by atoms with Crippen molar-refractivity contribution in [3.05, 3.63) is 81.4 Å². The number of amides is 1. The van der Waals surface area contributed by atoms with Gasteiger partial charge >= 0.3 is 5.97 Å². The second-order valence-corrected chi connectivity index (χ2v) is 7.38. The Kier molecular flexibility index (Phi) is 6.82. The Labute approximate surface area is 182 Å². The highest BCUT2D eigenvalue weighted by Gasteiger charge is 2.36. The average molecular weight is 478 g/mol. The first-order chi connectivity index (χ1) is 15.1.